The molecule has 3 rings (SSSR count). The molecule has 1 aliphatic rings. The first-order valence-electron chi connectivity index (χ1n) is 8.60. The summed E-state index contributed by atoms with van der Waals surface area (Å²) in [5, 5.41) is 7.40. The summed E-state index contributed by atoms with van der Waals surface area (Å²) in [7, 11) is 0. The first-order chi connectivity index (χ1) is 11.7. The first-order valence-corrected chi connectivity index (χ1v) is 8.60. The molecule has 0 radical (unpaired) electrons. The molecule has 6 nitrogen and oxygen atoms in total. The van der Waals surface area contributed by atoms with Crippen LogP contribution in [-0.2, 0) is 11.2 Å². The van der Waals surface area contributed by atoms with Crippen LogP contribution in [0.25, 0.3) is 0 Å². The Labute approximate surface area is 141 Å². The van der Waals surface area contributed by atoms with Gasteiger partial charge in [0.2, 0.25) is 11.8 Å². The summed E-state index contributed by atoms with van der Waals surface area (Å²) in [6.07, 6.45) is 4.67. The van der Waals surface area contributed by atoms with Crippen molar-refractivity contribution in [1.29, 1.82) is 0 Å². The third-order valence-electron chi connectivity index (χ3n) is 4.70. The van der Waals surface area contributed by atoms with Gasteiger partial charge in [0, 0.05) is 18.4 Å². The molecule has 0 spiro atoms. The van der Waals surface area contributed by atoms with Gasteiger partial charge in [0.1, 0.15) is 6.04 Å². The molecule has 0 saturated heterocycles. The van der Waals surface area contributed by atoms with Gasteiger partial charge >= 0.3 is 0 Å². The van der Waals surface area contributed by atoms with Crippen molar-refractivity contribution in [3.63, 3.8) is 0 Å². The predicted molar refractivity (Wildman–Crippen MR) is 90.2 cm³/mol. The number of nitrogens with one attached hydrogen (secondary N) is 1. The van der Waals surface area contributed by atoms with Crippen LogP contribution in [0, 0.1) is 0 Å². The number of hydrogen-bond acceptors (Lipinski definition) is 5. The summed E-state index contributed by atoms with van der Waals surface area (Å²) in [5.74, 6) is 1.50. The Bertz CT molecular complexity index is 663. The number of nitrogens with zero attached hydrogens (tertiary/aromatic N) is 2. The van der Waals surface area contributed by atoms with E-state index in [1.807, 2.05) is 37.3 Å². The van der Waals surface area contributed by atoms with E-state index in [0.717, 1.165) is 49.4 Å². The Balaban J connectivity index is 1.58. The van der Waals surface area contributed by atoms with E-state index in [0.29, 0.717) is 5.92 Å². The fraction of sp³-hybridized carbons (Fsp3) is 0.500. The van der Waals surface area contributed by atoms with Crippen LogP contribution in [0.3, 0.4) is 0 Å². The second-order valence-corrected chi connectivity index (χ2v) is 6.36. The topological polar surface area (TPSA) is 94.0 Å². The zero-order valence-corrected chi connectivity index (χ0v) is 13.9. The van der Waals surface area contributed by atoms with Gasteiger partial charge in [0.05, 0.1) is 0 Å². The molecule has 24 heavy (non-hydrogen) atoms. The maximum atomic E-state index is 11.8. The van der Waals surface area contributed by atoms with Crippen LogP contribution in [0.1, 0.15) is 61.8 Å². The standard InChI is InChI=1S/C18H24N4O2/c1-2-15-21-18(24-22-15)13-8-10-14(11-9-13)20-16(17(19)23)12-6-4-3-5-7-12/h3-7,13-14,16,20H,2,8-11H2,1H3,(H2,19,23)/t13?,14?,16-/m1/s1. The summed E-state index contributed by atoms with van der Waals surface area (Å²) in [6.45, 7) is 2.02. The van der Waals surface area contributed by atoms with Gasteiger partial charge in [-0.15, -0.1) is 0 Å². The number of carbonyl (C=O) groups is 1. The molecule has 1 heterocycles. The van der Waals surface area contributed by atoms with Gasteiger partial charge in [0.25, 0.3) is 0 Å². The van der Waals surface area contributed by atoms with Gasteiger partial charge in [-0.3, -0.25) is 10.1 Å². The maximum Gasteiger partial charge on any atom is 0.239 e. The molecular weight excluding hydrogens is 304 g/mol. The molecule has 1 amide bonds. The van der Waals surface area contributed by atoms with Gasteiger partial charge in [0.15, 0.2) is 5.82 Å². The summed E-state index contributed by atoms with van der Waals surface area (Å²) in [6, 6.07) is 9.46. The third kappa shape index (κ3) is 3.82. The minimum Gasteiger partial charge on any atom is -0.368 e. The highest BCUT2D eigenvalue weighted by Gasteiger charge is 2.29. The summed E-state index contributed by atoms with van der Waals surface area (Å²) in [4.78, 5) is 16.3. The van der Waals surface area contributed by atoms with Crippen LogP contribution in [0.5, 0.6) is 0 Å². The zero-order valence-electron chi connectivity index (χ0n) is 13.9. The lowest BCUT2D eigenvalue weighted by molar-refractivity contribution is -0.120. The zero-order chi connectivity index (χ0) is 16.9. The van der Waals surface area contributed by atoms with Crippen molar-refractivity contribution < 1.29 is 9.32 Å². The smallest absolute Gasteiger partial charge is 0.239 e. The molecule has 0 unspecified atom stereocenters. The molecule has 1 aliphatic carbocycles. The molecule has 3 N–H and O–H groups in total. The van der Waals surface area contributed by atoms with E-state index in [1.165, 1.54) is 0 Å². The minimum absolute atomic E-state index is 0.271. The average molecular weight is 328 g/mol. The largest absolute Gasteiger partial charge is 0.368 e. The number of amides is 1. The number of primary amides is 1. The first kappa shape index (κ1) is 16.6. The van der Waals surface area contributed by atoms with Crippen molar-refractivity contribution in [1.82, 2.24) is 15.5 Å². The number of carbonyl (C=O) groups excluding carboxylic acids is 1. The highest BCUT2D eigenvalue weighted by Crippen LogP contribution is 2.32. The normalized spacial score (nSPS) is 22.2. The Morgan fingerprint density at radius 1 is 1.29 bits per heavy atom. The van der Waals surface area contributed by atoms with Crippen LogP contribution < -0.4 is 11.1 Å². The summed E-state index contributed by atoms with van der Waals surface area (Å²) in [5.41, 5.74) is 6.50. The van der Waals surface area contributed by atoms with Crippen molar-refractivity contribution in [2.45, 2.75) is 57.0 Å². The molecule has 1 fully saturated rings. The van der Waals surface area contributed by atoms with Crippen molar-refractivity contribution in [2.75, 3.05) is 0 Å². The molecule has 128 valence electrons. The van der Waals surface area contributed by atoms with E-state index < -0.39 is 6.04 Å². The van der Waals surface area contributed by atoms with E-state index in [9.17, 15) is 4.79 Å². The molecule has 0 aliphatic heterocycles. The SMILES string of the molecule is CCc1noc(C2CCC(N[C@@H](C(N)=O)c3ccccc3)CC2)n1. The molecule has 1 aromatic carbocycles. The second kappa shape index (κ2) is 7.57. The van der Waals surface area contributed by atoms with Crippen molar-refractivity contribution in [3.05, 3.63) is 47.6 Å². The minimum atomic E-state index is -0.442. The highest BCUT2D eigenvalue weighted by atomic mass is 16.5. The van der Waals surface area contributed by atoms with Crippen molar-refractivity contribution in [2.24, 2.45) is 5.73 Å². The van der Waals surface area contributed by atoms with E-state index in [-0.39, 0.29) is 11.9 Å². The number of benzene rings is 1. The number of nitrogens with two attached hydrogens (primary N) is 1. The molecule has 0 bridgehead atoms. The molecular formula is C18H24N4O2. The molecule has 2 aromatic rings. The van der Waals surface area contributed by atoms with E-state index >= 15 is 0 Å². The third-order valence-corrected chi connectivity index (χ3v) is 4.70. The Kier molecular flexibility index (Phi) is 5.25. The molecule has 1 atom stereocenters. The molecule has 6 heteroatoms. The number of aromatic nitrogens is 2. The second-order valence-electron chi connectivity index (χ2n) is 6.36. The number of hydrogen-bond donors (Lipinski definition) is 2. The van der Waals surface area contributed by atoms with E-state index in [2.05, 4.69) is 15.5 Å². The Hall–Kier alpha value is -2.21. The van der Waals surface area contributed by atoms with Gasteiger partial charge < -0.3 is 10.3 Å². The van der Waals surface area contributed by atoms with Crippen LogP contribution >= 0.6 is 0 Å². The van der Waals surface area contributed by atoms with Gasteiger partial charge in [-0.2, -0.15) is 4.98 Å². The number of rotatable bonds is 6. The number of aryl methyl sites for hydroxylation is 1. The van der Waals surface area contributed by atoms with Crippen LogP contribution in [0.4, 0.5) is 0 Å². The average Bonchev–Trinajstić information content (AvgIpc) is 3.10. The monoisotopic (exact) mass is 328 g/mol. The Morgan fingerprint density at radius 2 is 2.00 bits per heavy atom. The lowest BCUT2D eigenvalue weighted by Gasteiger charge is -2.30. The lowest BCUT2D eigenvalue weighted by atomic mass is 9.85. The lowest BCUT2D eigenvalue weighted by Crippen LogP contribution is -2.41. The maximum absolute atomic E-state index is 11.8. The fourth-order valence-electron chi connectivity index (χ4n) is 3.31. The molecule has 1 saturated carbocycles. The van der Waals surface area contributed by atoms with Crippen molar-refractivity contribution >= 4 is 5.91 Å². The van der Waals surface area contributed by atoms with Crippen LogP contribution in [-0.4, -0.2) is 22.1 Å². The molecule has 1 aromatic heterocycles. The van der Waals surface area contributed by atoms with Gasteiger partial charge in [-0.25, -0.2) is 0 Å². The summed E-state index contributed by atoms with van der Waals surface area (Å²) < 4.78 is 5.36. The van der Waals surface area contributed by atoms with Crippen LogP contribution in [0.15, 0.2) is 34.9 Å². The van der Waals surface area contributed by atoms with Gasteiger partial charge in [-0.1, -0.05) is 42.4 Å². The van der Waals surface area contributed by atoms with Gasteiger partial charge in [-0.05, 0) is 31.2 Å². The Morgan fingerprint density at radius 3 is 2.58 bits per heavy atom. The van der Waals surface area contributed by atoms with Crippen molar-refractivity contribution in [3.8, 4) is 0 Å². The summed E-state index contributed by atoms with van der Waals surface area (Å²) >= 11 is 0. The highest BCUT2D eigenvalue weighted by molar-refractivity contribution is 5.81. The fourth-order valence-corrected chi connectivity index (χ4v) is 3.31. The van der Waals surface area contributed by atoms with E-state index in [1.54, 1.807) is 0 Å². The predicted octanol–water partition coefficient (Wildman–Crippen LogP) is 2.47. The van der Waals surface area contributed by atoms with E-state index in [4.69, 9.17) is 10.3 Å². The quantitative estimate of drug-likeness (QED) is 0.849. The van der Waals surface area contributed by atoms with Crippen LogP contribution in [0.2, 0.25) is 0 Å².